The number of benzene rings is 1. The Balaban J connectivity index is 1.90. The van der Waals surface area contributed by atoms with E-state index >= 15 is 0 Å². The van der Waals surface area contributed by atoms with Crippen molar-refractivity contribution in [2.45, 2.75) is 58.1 Å². The fourth-order valence-corrected chi connectivity index (χ4v) is 3.09. The van der Waals surface area contributed by atoms with Crippen LogP contribution in [0.2, 0.25) is 0 Å². The van der Waals surface area contributed by atoms with Crippen molar-refractivity contribution in [3.8, 4) is 0 Å². The molecule has 1 aromatic heterocycles. The second kappa shape index (κ2) is 5.21. The molecule has 20 heavy (non-hydrogen) atoms. The molecular formula is C17H24N2O. The molecule has 1 saturated carbocycles. The lowest BCUT2D eigenvalue weighted by atomic mass is 9.95. The quantitative estimate of drug-likeness (QED) is 0.873. The zero-order valence-corrected chi connectivity index (χ0v) is 12.5. The summed E-state index contributed by atoms with van der Waals surface area (Å²) < 4.78 is 2.27. The van der Waals surface area contributed by atoms with E-state index in [0.717, 1.165) is 36.6 Å². The molecule has 3 heteroatoms. The van der Waals surface area contributed by atoms with Crippen molar-refractivity contribution in [1.29, 1.82) is 0 Å². The van der Waals surface area contributed by atoms with Gasteiger partial charge in [0, 0.05) is 13.0 Å². The van der Waals surface area contributed by atoms with E-state index in [1.807, 2.05) is 13.0 Å². The maximum absolute atomic E-state index is 10.6. The predicted molar refractivity (Wildman–Crippen MR) is 81.7 cm³/mol. The van der Waals surface area contributed by atoms with E-state index in [9.17, 15) is 5.11 Å². The topological polar surface area (TPSA) is 38.0 Å². The lowest BCUT2D eigenvalue weighted by molar-refractivity contribution is 0.0428. The third-order valence-electron chi connectivity index (χ3n) is 4.15. The average Bonchev–Trinajstić information content (AvgIpc) is 3.12. The number of aromatic nitrogens is 2. The summed E-state index contributed by atoms with van der Waals surface area (Å²) in [6.45, 7) is 5.11. The highest BCUT2D eigenvalue weighted by Crippen LogP contribution is 2.37. The number of nitrogens with zero attached hydrogens (tertiary/aromatic N) is 2. The van der Waals surface area contributed by atoms with Gasteiger partial charge < -0.3 is 9.67 Å². The molecule has 3 nitrogen and oxygen atoms in total. The van der Waals surface area contributed by atoms with Crippen molar-refractivity contribution in [3.63, 3.8) is 0 Å². The summed E-state index contributed by atoms with van der Waals surface area (Å²) >= 11 is 0. The minimum Gasteiger partial charge on any atom is -0.390 e. The molecule has 1 heterocycles. The first-order valence-corrected chi connectivity index (χ1v) is 7.75. The van der Waals surface area contributed by atoms with Gasteiger partial charge in [-0.15, -0.1) is 0 Å². The van der Waals surface area contributed by atoms with E-state index in [2.05, 4.69) is 29.7 Å². The second-order valence-electron chi connectivity index (χ2n) is 6.49. The summed E-state index contributed by atoms with van der Waals surface area (Å²) in [4.78, 5) is 4.75. The van der Waals surface area contributed by atoms with Crippen LogP contribution in [-0.4, -0.2) is 20.3 Å². The SMILES string of the molecule is CCCn1c(CC(C)(O)CC2CC2)nc2ccccc21. The van der Waals surface area contributed by atoms with Crippen LogP contribution in [-0.2, 0) is 13.0 Å². The van der Waals surface area contributed by atoms with Crippen molar-refractivity contribution in [2.75, 3.05) is 0 Å². The largest absolute Gasteiger partial charge is 0.390 e. The van der Waals surface area contributed by atoms with Gasteiger partial charge in [0.25, 0.3) is 0 Å². The summed E-state index contributed by atoms with van der Waals surface area (Å²) in [5.74, 6) is 1.76. The minimum absolute atomic E-state index is 0.631. The lowest BCUT2D eigenvalue weighted by Gasteiger charge is -2.23. The van der Waals surface area contributed by atoms with Gasteiger partial charge in [0.2, 0.25) is 0 Å². The lowest BCUT2D eigenvalue weighted by Crippen LogP contribution is -2.29. The first-order chi connectivity index (χ1) is 9.59. The molecule has 0 saturated heterocycles. The highest BCUT2D eigenvalue weighted by molar-refractivity contribution is 5.75. The molecule has 2 aromatic rings. The molecule has 1 atom stereocenters. The number of imidazole rings is 1. The van der Waals surface area contributed by atoms with Crippen LogP contribution < -0.4 is 0 Å². The van der Waals surface area contributed by atoms with Crippen molar-refractivity contribution in [1.82, 2.24) is 9.55 Å². The van der Waals surface area contributed by atoms with Gasteiger partial charge in [-0.3, -0.25) is 0 Å². The Bertz CT molecular complexity index is 596. The van der Waals surface area contributed by atoms with Crippen LogP contribution in [0.5, 0.6) is 0 Å². The Kier molecular flexibility index (Phi) is 3.55. The van der Waals surface area contributed by atoms with Gasteiger partial charge in [-0.05, 0) is 37.8 Å². The van der Waals surface area contributed by atoms with Crippen LogP contribution in [0.1, 0.15) is 45.4 Å². The van der Waals surface area contributed by atoms with Gasteiger partial charge >= 0.3 is 0 Å². The third kappa shape index (κ3) is 2.88. The number of rotatable bonds is 6. The first kappa shape index (κ1) is 13.6. The monoisotopic (exact) mass is 272 g/mol. The van der Waals surface area contributed by atoms with E-state index < -0.39 is 5.60 Å². The van der Waals surface area contributed by atoms with Crippen LogP contribution >= 0.6 is 0 Å². The number of para-hydroxylation sites is 2. The molecule has 0 radical (unpaired) electrons. The summed E-state index contributed by atoms with van der Waals surface area (Å²) in [6.07, 6.45) is 5.20. The number of fused-ring (bicyclic) bond motifs is 1. The van der Waals surface area contributed by atoms with Crippen LogP contribution in [0, 0.1) is 5.92 Å². The van der Waals surface area contributed by atoms with E-state index in [-0.39, 0.29) is 0 Å². The molecule has 0 amide bonds. The zero-order valence-electron chi connectivity index (χ0n) is 12.5. The average molecular weight is 272 g/mol. The number of aliphatic hydroxyl groups is 1. The van der Waals surface area contributed by atoms with Crippen molar-refractivity contribution >= 4 is 11.0 Å². The standard InChI is InChI=1S/C17H24N2O/c1-3-10-19-15-7-5-4-6-14(15)18-16(19)12-17(2,20)11-13-8-9-13/h4-7,13,20H,3,8-12H2,1-2H3. The van der Waals surface area contributed by atoms with Crippen LogP contribution in [0.25, 0.3) is 11.0 Å². The third-order valence-corrected chi connectivity index (χ3v) is 4.15. The fourth-order valence-electron chi connectivity index (χ4n) is 3.09. The van der Waals surface area contributed by atoms with E-state index in [1.54, 1.807) is 0 Å². The number of hydrogen-bond donors (Lipinski definition) is 1. The van der Waals surface area contributed by atoms with Crippen molar-refractivity contribution in [3.05, 3.63) is 30.1 Å². The summed E-state index contributed by atoms with van der Waals surface area (Å²) in [5.41, 5.74) is 1.60. The van der Waals surface area contributed by atoms with Gasteiger partial charge in [-0.1, -0.05) is 31.9 Å². The Labute approximate surface area is 120 Å². The maximum atomic E-state index is 10.6. The van der Waals surface area contributed by atoms with Gasteiger partial charge in [0.05, 0.1) is 16.6 Å². The van der Waals surface area contributed by atoms with Gasteiger partial charge in [-0.25, -0.2) is 4.98 Å². The second-order valence-corrected chi connectivity index (χ2v) is 6.49. The Morgan fingerprint density at radius 3 is 2.80 bits per heavy atom. The molecule has 108 valence electrons. The van der Waals surface area contributed by atoms with Crippen LogP contribution in [0.4, 0.5) is 0 Å². The molecule has 1 aliphatic carbocycles. The van der Waals surface area contributed by atoms with Crippen molar-refractivity contribution < 1.29 is 5.11 Å². The Morgan fingerprint density at radius 2 is 2.10 bits per heavy atom. The first-order valence-electron chi connectivity index (χ1n) is 7.75. The molecule has 1 N–H and O–H groups in total. The number of aryl methyl sites for hydroxylation is 1. The highest BCUT2D eigenvalue weighted by atomic mass is 16.3. The fraction of sp³-hybridized carbons (Fsp3) is 0.588. The van der Waals surface area contributed by atoms with Crippen molar-refractivity contribution in [2.24, 2.45) is 5.92 Å². The Hall–Kier alpha value is -1.35. The Morgan fingerprint density at radius 1 is 1.35 bits per heavy atom. The van der Waals surface area contributed by atoms with E-state index in [0.29, 0.717) is 6.42 Å². The smallest absolute Gasteiger partial charge is 0.112 e. The van der Waals surface area contributed by atoms with E-state index in [4.69, 9.17) is 4.98 Å². The molecule has 0 spiro atoms. The summed E-state index contributed by atoms with van der Waals surface area (Å²) in [7, 11) is 0. The van der Waals surface area contributed by atoms with Crippen LogP contribution in [0.15, 0.2) is 24.3 Å². The molecule has 1 unspecified atom stereocenters. The predicted octanol–water partition coefficient (Wildman–Crippen LogP) is 3.54. The molecule has 1 fully saturated rings. The molecule has 3 rings (SSSR count). The number of hydrogen-bond acceptors (Lipinski definition) is 2. The molecule has 0 bridgehead atoms. The van der Waals surface area contributed by atoms with Gasteiger partial charge in [-0.2, -0.15) is 0 Å². The molecule has 1 aliphatic rings. The minimum atomic E-state index is -0.631. The molecule has 1 aromatic carbocycles. The highest BCUT2D eigenvalue weighted by Gasteiger charge is 2.33. The maximum Gasteiger partial charge on any atom is 0.112 e. The zero-order chi connectivity index (χ0) is 14.2. The normalized spacial score (nSPS) is 18.4. The van der Waals surface area contributed by atoms with Gasteiger partial charge in [0.15, 0.2) is 0 Å². The molecule has 0 aliphatic heterocycles. The summed E-state index contributed by atoms with van der Waals surface area (Å²) in [5, 5.41) is 10.6. The summed E-state index contributed by atoms with van der Waals surface area (Å²) in [6, 6.07) is 8.26. The molecular weight excluding hydrogens is 248 g/mol. The van der Waals surface area contributed by atoms with E-state index in [1.165, 1.54) is 18.4 Å². The van der Waals surface area contributed by atoms with Crippen LogP contribution in [0.3, 0.4) is 0 Å². The van der Waals surface area contributed by atoms with Gasteiger partial charge in [0.1, 0.15) is 5.82 Å².